The Morgan fingerprint density at radius 3 is 2.00 bits per heavy atom. The smallest absolute Gasteiger partial charge is 0.244 e. The minimum absolute atomic E-state index is 0.130. The Hall–Kier alpha value is -1.78. The zero-order chi connectivity index (χ0) is 22.8. The van der Waals surface area contributed by atoms with Gasteiger partial charge in [-0.1, -0.05) is 37.3 Å². The molecule has 1 atom stereocenters. The van der Waals surface area contributed by atoms with Crippen molar-refractivity contribution >= 4 is 20.0 Å². The van der Waals surface area contributed by atoms with Crippen LogP contribution in [0.25, 0.3) is 0 Å². The van der Waals surface area contributed by atoms with Gasteiger partial charge in [0.05, 0.1) is 16.5 Å². The molecule has 0 N–H and O–H groups in total. The van der Waals surface area contributed by atoms with E-state index in [2.05, 4.69) is 11.8 Å². The average Bonchev–Trinajstić information content (AvgIpc) is 2.80. The van der Waals surface area contributed by atoms with Crippen molar-refractivity contribution in [1.29, 1.82) is 0 Å². The fourth-order valence-corrected chi connectivity index (χ4v) is 7.51. The first-order valence-electron chi connectivity index (χ1n) is 11.1. The number of piperidine rings is 1. The van der Waals surface area contributed by atoms with Crippen LogP contribution in [0.5, 0.6) is 0 Å². The molecule has 0 amide bonds. The van der Waals surface area contributed by atoms with Gasteiger partial charge in [0.25, 0.3) is 0 Å². The monoisotopic (exact) mass is 477 g/mol. The van der Waals surface area contributed by atoms with E-state index in [1.54, 1.807) is 0 Å². The minimum Gasteiger partial charge on any atom is -0.285 e. The second-order valence-electron chi connectivity index (χ2n) is 8.80. The van der Waals surface area contributed by atoms with Crippen molar-refractivity contribution in [3.05, 3.63) is 60.2 Å². The van der Waals surface area contributed by atoms with Gasteiger partial charge in [-0.05, 0) is 55.0 Å². The molecule has 4 rings (SSSR count). The maximum atomic E-state index is 13.2. The summed E-state index contributed by atoms with van der Waals surface area (Å²) in [6.07, 6.45) is 2.63. The Kier molecular flexibility index (Phi) is 7.02. The average molecular weight is 478 g/mol. The van der Waals surface area contributed by atoms with Crippen molar-refractivity contribution in [1.82, 2.24) is 13.5 Å². The molecular formula is C23H31N3O4S2. The lowest BCUT2D eigenvalue weighted by atomic mass is 10.0. The third-order valence-electron chi connectivity index (χ3n) is 6.21. The maximum absolute atomic E-state index is 13.2. The Labute approximate surface area is 191 Å². The highest BCUT2D eigenvalue weighted by Gasteiger charge is 2.31. The summed E-state index contributed by atoms with van der Waals surface area (Å²) in [6, 6.07) is 15.7. The fourth-order valence-electron chi connectivity index (χ4n) is 4.45. The van der Waals surface area contributed by atoms with Gasteiger partial charge in [-0.15, -0.1) is 0 Å². The van der Waals surface area contributed by atoms with Crippen LogP contribution in [0.3, 0.4) is 0 Å². The normalized spacial score (nSPS) is 22.1. The number of rotatable bonds is 6. The van der Waals surface area contributed by atoms with Gasteiger partial charge in [0.2, 0.25) is 20.0 Å². The molecule has 7 nitrogen and oxygen atoms in total. The Morgan fingerprint density at radius 2 is 1.38 bits per heavy atom. The van der Waals surface area contributed by atoms with Gasteiger partial charge in [-0.25, -0.2) is 16.8 Å². The first-order valence-corrected chi connectivity index (χ1v) is 14.0. The van der Waals surface area contributed by atoms with Crippen LogP contribution in [0, 0.1) is 5.92 Å². The van der Waals surface area contributed by atoms with E-state index in [-0.39, 0.29) is 9.79 Å². The predicted molar refractivity (Wildman–Crippen MR) is 124 cm³/mol. The summed E-state index contributed by atoms with van der Waals surface area (Å²) in [5.74, 6) is 0.330. The highest BCUT2D eigenvalue weighted by Crippen LogP contribution is 2.26. The number of nitrogens with zero attached hydrogens (tertiary/aromatic N) is 3. The van der Waals surface area contributed by atoms with E-state index < -0.39 is 20.0 Å². The third-order valence-corrected chi connectivity index (χ3v) is 9.93. The van der Waals surface area contributed by atoms with E-state index in [1.807, 2.05) is 30.3 Å². The molecule has 0 spiro atoms. The van der Waals surface area contributed by atoms with Crippen molar-refractivity contribution in [2.24, 2.45) is 5.92 Å². The minimum atomic E-state index is -3.70. The molecule has 0 unspecified atom stereocenters. The standard InChI is InChI=1S/C23H31N3O4S2/c1-20-7-5-15-25(17-20)31(27,28)22-10-12-23(13-11-22)32(29,30)26-16-6-14-24(19-26)18-21-8-3-2-4-9-21/h2-4,8-13,20H,5-7,14-19H2,1H3/t20-/m0/s1. The lowest BCUT2D eigenvalue weighted by Gasteiger charge is -2.34. The Morgan fingerprint density at radius 1 is 0.781 bits per heavy atom. The number of sulfonamides is 2. The topological polar surface area (TPSA) is 78.0 Å². The van der Waals surface area contributed by atoms with Crippen molar-refractivity contribution in [3.8, 4) is 0 Å². The zero-order valence-electron chi connectivity index (χ0n) is 18.4. The van der Waals surface area contributed by atoms with Gasteiger partial charge in [-0.3, -0.25) is 4.90 Å². The van der Waals surface area contributed by atoms with E-state index in [0.717, 1.165) is 31.4 Å². The summed E-state index contributed by atoms with van der Waals surface area (Å²) >= 11 is 0. The first-order chi connectivity index (χ1) is 15.3. The molecule has 32 heavy (non-hydrogen) atoms. The lowest BCUT2D eigenvalue weighted by Crippen LogP contribution is -2.47. The van der Waals surface area contributed by atoms with E-state index >= 15 is 0 Å². The van der Waals surface area contributed by atoms with Crippen LogP contribution < -0.4 is 0 Å². The molecule has 2 aromatic rings. The maximum Gasteiger partial charge on any atom is 0.244 e. The highest BCUT2D eigenvalue weighted by atomic mass is 32.2. The number of benzene rings is 2. The van der Waals surface area contributed by atoms with Crippen LogP contribution in [0.4, 0.5) is 0 Å². The zero-order valence-corrected chi connectivity index (χ0v) is 20.1. The van der Waals surface area contributed by atoms with Crippen molar-refractivity contribution in [2.45, 2.75) is 42.5 Å². The van der Waals surface area contributed by atoms with Gasteiger partial charge in [0, 0.05) is 32.7 Å². The van der Waals surface area contributed by atoms with Crippen molar-refractivity contribution in [3.63, 3.8) is 0 Å². The molecular weight excluding hydrogens is 446 g/mol. The summed E-state index contributed by atoms with van der Waals surface area (Å²) in [7, 11) is -7.31. The van der Waals surface area contributed by atoms with Crippen LogP contribution in [-0.2, 0) is 26.6 Å². The summed E-state index contributed by atoms with van der Waals surface area (Å²) in [5.41, 5.74) is 1.15. The molecule has 0 saturated carbocycles. The number of hydrogen-bond donors (Lipinski definition) is 0. The quantitative estimate of drug-likeness (QED) is 0.639. The molecule has 2 fully saturated rings. The molecule has 9 heteroatoms. The van der Waals surface area contributed by atoms with E-state index in [9.17, 15) is 16.8 Å². The molecule has 2 aliphatic heterocycles. The van der Waals surface area contributed by atoms with Crippen LogP contribution in [-0.4, -0.2) is 63.2 Å². The first kappa shape index (κ1) is 23.4. The van der Waals surface area contributed by atoms with E-state index in [0.29, 0.717) is 38.8 Å². The SMILES string of the molecule is C[C@H]1CCCN(S(=O)(=O)c2ccc(S(=O)(=O)N3CCCN(Cc4ccccc4)C3)cc2)C1. The van der Waals surface area contributed by atoms with Gasteiger partial charge >= 0.3 is 0 Å². The van der Waals surface area contributed by atoms with E-state index in [4.69, 9.17) is 0 Å². The van der Waals surface area contributed by atoms with Crippen LogP contribution in [0.1, 0.15) is 31.7 Å². The van der Waals surface area contributed by atoms with Crippen LogP contribution >= 0.6 is 0 Å². The van der Waals surface area contributed by atoms with Crippen LogP contribution in [0.15, 0.2) is 64.4 Å². The molecule has 0 radical (unpaired) electrons. The molecule has 2 heterocycles. The molecule has 2 saturated heterocycles. The van der Waals surface area contributed by atoms with Gasteiger partial charge in [0.1, 0.15) is 0 Å². The van der Waals surface area contributed by atoms with E-state index in [1.165, 1.54) is 32.9 Å². The summed E-state index contributed by atoms with van der Waals surface area (Å²) in [6.45, 7) is 5.38. The Bertz CT molecular complexity index is 1120. The third kappa shape index (κ3) is 5.07. The Balaban J connectivity index is 1.48. The van der Waals surface area contributed by atoms with Crippen molar-refractivity contribution < 1.29 is 16.8 Å². The highest BCUT2D eigenvalue weighted by molar-refractivity contribution is 7.89. The summed E-state index contributed by atoms with van der Waals surface area (Å²) in [4.78, 5) is 2.40. The van der Waals surface area contributed by atoms with Gasteiger partial charge < -0.3 is 0 Å². The second kappa shape index (κ2) is 9.61. The summed E-state index contributed by atoms with van der Waals surface area (Å²) in [5, 5.41) is 0. The van der Waals surface area contributed by atoms with Crippen molar-refractivity contribution in [2.75, 3.05) is 32.8 Å². The molecule has 174 valence electrons. The number of hydrogen-bond acceptors (Lipinski definition) is 5. The molecule has 2 aromatic carbocycles. The van der Waals surface area contributed by atoms with Gasteiger partial charge in [0.15, 0.2) is 0 Å². The molecule has 0 aromatic heterocycles. The summed E-state index contributed by atoms with van der Waals surface area (Å²) < 4.78 is 55.4. The van der Waals surface area contributed by atoms with Gasteiger partial charge in [-0.2, -0.15) is 8.61 Å². The predicted octanol–water partition coefficient (Wildman–Crippen LogP) is 2.96. The largest absolute Gasteiger partial charge is 0.285 e. The molecule has 0 bridgehead atoms. The van der Waals surface area contributed by atoms with Crippen LogP contribution in [0.2, 0.25) is 0 Å². The second-order valence-corrected chi connectivity index (χ2v) is 12.7. The lowest BCUT2D eigenvalue weighted by molar-refractivity contribution is 0.140. The fraction of sp³-hybridized carbons (Fsp3) is 0.478. The molecule has 0 aliphatic carbocycles. The molecule has 2 aliphatic rings.